The summed E-state index contributed by atoms with van der Waals surface area (Å²) in [6.45, 7) is 1.57. The molecule has 2 rings (SSSR count). The van der Waals surface area contributed by atoms with Gasteiger partial charge in [0.25, 0.3) is 0 Å². The van der Waals surface area contributed by atoms with Gasteiger partial charge < -0.3 is 5.32 Å². The van der Waals surface area contributed by atoms with Gasteiger partial charge >= 0.3 is 5.69 Å². The molecule has 1 aromatic carbocycles. The van der Waals surface area contributed by atoms with E-state index >= 15 is 0 Å². The van der Waals surface area contributed by atoms with Crippen LogP contribution in [-0.4, -0.2) is 20.6 Å². The van der Waals surface area contributed by atoms with Gasteiger partial charge in [-0.05, 0) is 25.1 Å². The minimum Gasteiger partial charge on any atom is -0.324 e. The van der Waals surface area contributed by atoms with E-state index in [0.717, 1.165) is 6.20 Å². The number of halogens is 2. The molecule has 0 spiro atoms. The molecule has 1 heterocycles. The molecule has 1 N–H and O–H groups in total. The molecule has 21 heavy (non-hydrogen) atoms. The average molecular weight is 329 g/mol. The second-order valence-corrected chi connectivity index (χ2v) is 5.13. The van der Waals surface area contributed by atoms with Gasteiger partial charge in [0.1, 0.15) is 18.4 Å². The molecule has 0 fully saturated rings. The molecule has 1 aromatic heterocycles. The monoisotopic (exact) mass is 328 g/mol. The minimum atomic E-state index is -0.726. The zero-order valence-electron chi connectivity index (χ0n) is 10.8. The molecule has 2 aromatic rings. The van der Waals surface area contributed by atoms with Crippen LogP contribution in [0, 0.1) is 10.1 Å². The van der Waals surface area contributed by atoms with E-state index < -0.39 is 16.9 Å². The highest BCUT2D eigenvalue weighted by molar-refractivity contribution is 6.35. The number of carbonyl (C=O) groups is 1. The van der Waals surface area contributed by atoms with Gasteiger partial charge in [0.15, 0.2) is 0 Å². The maximum atomic E-state index is 12.1. The third kappa shape index (κ3) is 3.71. The van der Waals surface area contributed by atoms with Crippen molar-refractivity contribution in [3.8, 4) is 0 Å². The van der Waals surface area contributed by atoms with Crippen LogP contribution < -0.4 is 5.32 Å². The van der Waals surface area contributed by atoms with Crippen LogP contribution in [0.15, 0.2) is 30.6 Å². The highest BCUT2D eigenvalue weighted by atomic mass is 35.5. The number of carbonyl (C=O) groups excluding carboxylic acids is 1. The van der Waals surface area contributed by atoms with Crippen molar-refractivity contribution in [2.24, 2.45) is 0 Å². The molecular weight excluding hydrogens is 319 g/mol. The number of nitrogens with one attached hydrogen (secondary N) is 1. The van der Waals surface area contributed by atoms with Crippen LogP contribution in [0.3, 0.4) is 0 Å². The Balaban J connectivity index is 2.13. The normalized spacial score (nSPS) is 12.0. The largest absolute Gasteiger partial charge is 0.324 e. The Labute approximate surface area is 129 Å². The maximum Gasteiger partial charge on any atom is 0.307 e. The first kappa shape index (κ1) is 15.3. The van der Waals surface area contributed by atoms with E-state index in [1.807, 2.05) is 0 Å². The molecular formula is C12H10Cl2N4O3. The zero-order chi connectivity index (χ0) is 15.6. The molecule has 0 aliphatic carbocycles. The Kier molecular flexibility index (Phi) is 4.44. The average Bonchev–Trinajstić information content (AvgIpc) is 2.86. The van der Waals surface area contributed by atoms with E-state index in [1.54, 1.807) is 25.1 Å². The smallest absolute Gasteiger partial charge is 0.307 e. The summed E-state index contributed by atoms with van der Waals surface area (Å²) in [4.78, 5) is 22.1. The first-order chi connectivity index (χ1) is 9.86. The zero-order valence-corrected chi connectivity index (χ0v) is 12.3. The fourth-order valence-corrected chi connectivity index (χ4v) is 2.15. The quantitative estimate of drug-likeness (QED) is 0.688. The van der Waals surface area contributed by atoms with Gasteiger partial charge in [-0.1, -0.05) is 23.2 Å². The Morgan fingerprint density at radius 1 is 1.38 bits per heavy atom. The van der Waals surface area contributed by atoms with E-state index in [1.165, 1.54) is 10.9 Å². The number of hydrogen-bond donors (Lipinski definition) is 1. The van der Waals surface area contributed by atoms with E-state index in [4.69, 9.17) is 23.2 Å². The summed E-state index contributed by atoms with van der Waals surface area (Å²) in [6, 6.07) is 3.91. The molecule has 0 saturated heterocycles. The molecule has 0 aliphatic heterocycles. The summed E-state index contributed by atoms with van der Waals surface area (Å²) in [6.07, 6.45) is 2.27. The first-order valence-corrected chi connectivity index (χ1v) is 6.58. The van der Waals surface area contributed by atoms with Gasteiger partial charge in [0, 0.05) is 15.7 Å². The summed E-state index contributed by atoms with van der Waals surface area (Å²) in [5.41, 5.74) is 0.256. The second kappa shape index (κ2) is 6.11. The standard InChI is InChI=1S/C12H10Cl2N4O3/c1-7(17-6-11(5-15-17)18(20)21)12(19)16-10-3-8(13)2-9(14)4-10/h2-7H,1H3,(H,16,19)/t7-/m0/s1. The predicted octanol–water partition coefficient (Wildman–Crippen LogP) is 3.30. The molecule has 110 valence electrons. The van der Waals surface area contributed by atoms with Crippen LogP contribution in [0.2, 0.25) is 10.0 Å². The Hall–Kier alpha value is -2.12. The second-order valence-electron chi connectivity index (χ2n) is 4.26. The van der Waals surface area contributed by atoms with Crippen molar-refractivity contribution >= 4 is 40.5 Å². The number of aromatic nitrogens is 2. The van der Waals surface area contributed by atoms with Gasteiger partial charge in [-0.15, -0.1) is 0 Å². The van der Waals surface area contributed by atoms with Crippen molar-refractivity contribution in [2.45, 2.75) is 13.0 Å². The minimum absolute atomic E-state index is 0.180. The van der Waals surface area contributed by atoms with Crippen LogP contribution in [0.4, 0.5) is 11.4 Å². The third-order valence-corrected chi connectivity index (χ3v) is 3.14. The Morgan fingerprint density at radius 2 is 2.00 bits per heavy atom. The molecule has 0 aliphatic rings. The highest BCUT2D eigenvalue weighted by Crippen LogP contribution is 2.23. The molecule has 9 heteroatoms. The molecule has 0 unspecified atom stereocenters. The maximum absolute atomic E-state index is 12.1. The van der Waals surface area contributed by atoms with Crippen molar-refractivity contribution in [1.82, 2.24) is 9.78 Å². The summed E-state index contributed by atoms with van der Waals surface area (Å²) in [5, 5.41) is 17.8. The lowest BCUT2D eigenvalue weighted by atomic mass is 10.2. The number of rotatable bonds is 4. The topological polar surface area (TPSA) is 90.1 Å². The third-order valence-electron chi connectivity index (χ3n) is 2.71. The molecule has 7 nitrogen and oxygen atoms in total. The number of hydrogen-bond acceptors (Lipinski definition) is 4. The van der Waals surface area contributed by atoms with Gasteiger partial charge in [0.2, 0.25) is 5.91 Å². The van der Waals surface area contributed by atoms with Crippen LogP contribution in [-0.2, 0) is 4.79 Å². The molecule has 0 bridgehead atoms. The van der Waals surface area contributed by atoms with Crippen molar-refractivity contribution in [3.05, 3.63) is 50.8 Å². The van der Waals surface area contributed by atoms with Crippen molar-refractivity contribution in [3.63, 3.8) is 0 Å². The molecule has 0 radical (unpaired) electrons. The van der Waals surface area contributed by atoms with Crippen LogP contribution >= 0.6 is 23.2 Å². The SMILES string of the molecule is C[C@@H](C(=O)Nc1cc(Cl)cc(Cl)c1)n1cc([N+](=O)[O-])cn1. The fraction of sp³-hybridized carbons (Fsp3) is 0.167. The lowest BCUT2D eigenvalue weighted by Gasteiger charge is -2.12. The van der Waals surface area contributed by atoms with Crippen LogP contribution in [0.1, 0.15) is 13.0 Å². The van der Waals surface area contributed by atoms with Crippen molar-refractivity contribution in [1.29, 1.82) is 0 Å². The molecule has 1 amide bonds. The Morgan fingerprint density at radius 3 is 2.52 bits per heavy atom. The number of anilines is 1. The summed E-state index contributed by atoms with van der Waals surface area (Å²) in [5.74, 6) is -0.397. The van der Waals surface area contributed by atoms with E-state index in [0.29, 0.717) is 15.7 Å². The van der Waals surface area contributed by atoms with Gasteiger partial charge in [-0.2, -0.15) is 5.10 Å². The Bertz CT molecular complexity index is 681. The summed E-state index contributed by atoms with van der Waals surface area (Å²) >= 11 is 11.7. The van der Waals surface area contributed by atoms with Gasteiger partial charge in [-0.25, -0.2) is 0 Å². The molecule has 1 atom stereocenters. The van der Waals surface area contributed by atoms with Gasteiger partial charge in [-0.3, -0.25) is 19.6 Å². The number of benzene rings is 1. The highest BCUT2D eigenvalue weighted by Gasteiger charge is 2.19. The number of nitrogens with zero attached hydrogens (tertiary/aromatic N) is 3. The van der Waals surface area contributed by atoms with Crippen LogP contribution in [0.5, 0.6) is 0 Å². The van der Waals surface area contributed by atoms with Crippen molar-refractivity contribution < 1.29 is 9.72 Å². The van der Waals surface area contributed by atoms with Gasteiger partial charge in [0.05, 0.1) is 4.92 Å². The summed E-state index contributed by atoms with van der Waals surface area (Å²) in [7, 11) is 0. The molecule has 0 saturated carbocycles. The summed E-state index contributed by atoms with van der Waals surface area (Å²) < 4.78 is 1.21. The van der Waals surface area contributed by atoms with E-state index in [-0.39, 0.29) is 5.69 Å². The predicted molar refractivity (Wildman–Crippen MR) is 78.7 cm³/mol. The number of amides is 1. The van der Waals surface area contributed by atoms with Crippen molar-refractivity contribution in [2.75, 3.05) is 5.32 Å². The number of nitro groups is 1. The fourth-order valence-electron chi connectivity index (χ4n) is 1.63. The van der Waals surface area contributed by atoms with Crippen LogP contribution in [0.25, 0.3) is 0 Å². The lowest BCUT2D eigenvalue weighted by molar-refractivity contribution is -0.385. The van der Waals surface area contributed by atoms with E-state index in [2.05, 4.69) is 10.4 Å². The lowest BCUT2D eigenvalue weighted by Crippen LogP contribution is -2.24. The first-order valence-electron chi connectivity index (χ1n) is 5.82. The van der Waals surface area contributed by atoms with E-state index in [9.17, 15) is 14.9 Å².